The molecule has 4 heteroatoms. The Hall–Kier alpha value is -1.99. The van der Waals surface area contributed by atoms with Crippen LogP contribution in [0.5, 0.6) is 11.5 Å². The standard InChI is InChI=1S/C13H9BrN2O/c14-10-3-1-2-4-12(10)17-13-7-9(8-15)5-6-11(13)16/h1-7H,16H2. The lowest BCUT2D eigenvalue weighted by molar-refractivity contribution is 0.482. The minimum Gasteiger partial charge on any atom is -0.454 e. The quantitative estimate of drug-likeness (QED) is 0.858. The van der Waals surface area contributed by atoms with Crippen LogP contribution in [0.1, 0.15) is 5.56 Å². The van der Waals surface area contributed by atoms with Crippen molar-refractivity contribution in [1.82, 2.24) is 0 Å². The minimum absolute atomic E-state index is 0.482. The molecule has 2 N–H and O–H groups in total. The number of nitrogens with zero attached hydrogens (tertiary/aromatic N) is 1. The molecule has 0 saturated heterocycles. The summed E-state index contributed by atoms with van der Waals surface area (Å²) in [6.45, 7) is 0. The molecule has 0 heterocycles. The summed E-state index contributed by atoms with van der Waals surface area (Å²) in [5, 5.41) is 8.82. The normalized spacial score (nSPS) is 9.65. The Morgan fingerprint density at radius 1 is 1.12 bits per heavy atom. The molecule has 0 spiro atoms. The molecule has 2 rings (SSSR count). The second-order valence-electron chi connectivity index (χ2n) is 3.40. The van der Waals surface area contributed by atoms with E-state index in [4.69, 9.17) is 15.7 Å². The molecule has 84 valence electrons. The van der Waals surface area contributed by atoms with Gasteiger partial charge in [-0.25, -0.2) is 0 Å². The fourth-order valence-corrected chi connectivity index (χ4v) is 1.70. The number of para-hydroxylation sites is 1. The number of nitriles is 1. The van der Waals surface area contributed by atoms with Crippen LogP contribution < -0.4 is 10.5 Å². The maximum Gasteiger partial charge on any atom is 0.151 e. The monoisotopic (exact) mass is 288 g/mol. The largest absolute Gasteiger partial charge is 0.454 e. The molecule has 0 aromatic heterocycles. The van der Waals surface area contributed by atoms with Crippen molar-refractivity contribution in [2.45, 2.75) is 0 Å². The molecule has 0 aliphatic heterocycles. The number of hydrogen-bond acceptors (Lipinski definition) is 3. The molecular formula is C13H9BrN2O. The van der Waals surface area contributed by atoms with Crippen LogP contribution in [0.15, 0.2) is 46.9 Å². The molecule has 0 fully saturated rings. The Bertz CT molecular complexity index is 590. The molecular weight excluding hydrogens is 280 g/mol. The van der Waals surface area contributed by atoms with E-state index in [-0.39, 0.29) is 0 Å². The van der Waals surface area contributed by atoms with Crippen LogP contribution in [0.4, 0.5) is 5.69 Å². The highest BCUT2D eigenvalue weighted by atomic mass is 79.9. The molecule has 17 heavy (non-hydrogen) atoms. The van der Waals surface area contributed by atoms with Crippen LogP contribution in [0.25, 0.3) is 0 Å². The first-order chi connectivity index (χ1) is 8.20. The number of benzene rings is 2. The number of nitrogens with two attached hydrogens (primary N) is 1. The summed E-state index contributed by atoms with van der Waals surface area (Å²) < 4.78 is 6.49. The van der Waals surface area contributed by atoms with Crippen LogP contribution in [0.3, 0.4) is 0 Å². The summed E-state index contributed by atoms with van der Waals surface area (Å²) in [6.07, 6.45) is 0. The lowest BCUT2D eigenvalue weighted by Crippen LogP contribution is -1.93. The first-order valence-corrected chi connectivity index (χ1v) is 5.72. The van der Waals surface area contributed by atoms with Gasteiger partial charge in [-0.05, 0) is 40.2 Å². The van der Waals surface area contributed by atoms with E-state index in [0.717, 1.165) is 4.47 Å². The minimum atomic E-state index is 0.482. The maximum absolute atomic E-state index is 8.82. The lowest BCUT2D eigenvalue weighted by atomic mass is 10.2. The molecule has 0 aliphatic rings. The lowest BCUT2D eigenvalue weighted by Gasteiger charge is -2.09. The van der Waals surface area contributed by atoms with Crippen LogP contribution in [0.2, 0.25) is 0 Å². The van der Waals surface area contributed by atoms with Gasteiger partial charge < -0.3 is 10.5 Å². The third-order valence-electron chi connectivity index (χ3n) is 2.20. The van der Waals surface area contributed by atoms with Crippen LogP contribution in [-0.4, -0.2) is 0 Å². The van der Waals surface area contributed by atoms with Crippen molar-refractivity contribution in [2.24, 2.45) is 0 Å². The summed E-state index contributed by atoms with van der Waals surface area (Å²) in [7, 11) is 0. The Balaban J connectivity index is 2.37. The third kappa shape index (κ3) is 2.58. The van der Waals surface area contributed by atoms with Gasteiger partial charge in [0.1, 0.15) is 5.75 Å². The highest BCUT2D eigenvalue weighted by Gasteiger charge is 2.06. The fourth-order valence-electron chi connectivity index (χ4n) is 1.34. The van der Waals surface area contributed by atoms with Gasteiger partial charge in [-0.1, -0.05) is 12.1 Å². The topological polar surface area (TPSA) is 59.0 Å². The highest BCUT2D eigenvalue weighted by molar-refractivity contribution is 9.10. The maximum atomic E-state index is 8.82. The molecule has 0 radical (unpaired) electrons. The Morgan fingerprint density at radius 2 is 1.88 bits per heavy atom. The summed E-state index contributed by atoms with van der Waals surface area (Å²) in [6, 6.07) is 14.4. The van der Waals surface area contributed by atoms with Crippen LogP contribution >= 0.6 is 15.9 Å². The van der Waals surface area contributed by atoms with Crippen molar-refractivity contribution in [2.75, 3.05) is 5.73 Å². The summed E-state index contributed by atoms with van der Waals surface area (Å²) in [4.78, 5) is 0. The molecule has 0 aliphatic carbocycles. The zero-order valence-electron chi connectivity index (χ0n) is 8.85. The Morgan fingerprint density at radius 3 is 2.59 bits per heavy atom. The SMILES string of the molecule is N#Cc1ccc(N)c(Oc2ccccc2Br)c1. The van der Waals surface area contributed by atoms with E-state index in [1.807, 2.05) is 30.3 Å². The number of anilines is 1. The molecule has 0 bridgehead atoms. The van der Waals surface area contributed by atoms with Crippen LogP contribution in [0, 0.1) is 11.3 Å². The fraction of sp³-hybridized carbons (Fsp3) is 0. The predicted molar refractivity (Wildman–Crippen MR) is 69.8 cm³/mol. The van der Waals surface area contributed by atoms with Crippen molar-refractivity contribution in [3.05, 3.63) is 52.5 Å². The van der Waals surface area contributed by atoms with E-state index in [0.29, 0.717) is 22.7 Å². The number of nitrogen functional groups attached to an aromatic ring is 1. The first-order valence-electron chi connectivity index (χ1n) is 4.92. The van der Waals surface area contributed by atoms with Gasteiger partial charge in [0.05, 0.1) is 21.8 Å². The predicted octanol–water partition coefficient (Wildman–Crippen LogP) is 3.70. The molecule has 0 unspecified atom stereocenters. The molecule has 2 aromatic carbocycles. The van der Waals surface area contributed by atoms with Gasteiger partial charge in [0.15, 0.2) is 5.75 Å². The second kappa shape index (κ2) is 4.89. The van der Waals surface area contributed by atoms with Gasteiger partial charge in [-0.3, -0.25) is 0 Å². The summed E-state index contributed by atoms with van der Waals surface area (Å²) >= 11 is 3.38. The smallest absolute Gasteiger partial charge is 0.151 e. The summed E-state index contributed by atoms with van der Waals surface area (Å²) in [5.41, 5.74) is 6.81. The molecule has 0 saturated carbocycles. The highest BCUT2D eigenvalue weighted by Crippen LogP contribution is 2.32. The second-order valence-corrected chi connectivity index (χ2v) is 4.25. The number of hydrogen-bond donors (Lipinski definition) is 1. The van der Waals surface area contributed by atoms with E-state index in [1.165, 1.54) is 0 Å². The summed E-state index contributed by atoms with van der Waals surface area (Å²) in [5.74, 6) is 1.14. The number of rotatable bonds is 2. The van der Waals surface area contributed by atoms with E-state index >= 15 is 0 Å². The Labute approximate surface area is 108 Å². The zero-order valence-corrected chi connectivity index (χ0v) is 10.4. The zero-order chi connectivity index (χ0) is 12.3. The van der Waals surface area contributed by atoms with E-state index in [2.05, 4.69) is 15.9 Å². The number of halogens is 1. The van der Waals surface area contributed by atoms with Gasteiger partial charge in [-0.2, -0.15) is 5.26 Å². The molecule has 0 atom stereocenters. The Kier molecular flexibility index (Phi) is 3.31. The van der Waals surface area contributed by atoms with Gasteiger partial charge in [0.25, 0.3) is 0 Å². The van der Waals surface area contributed by atoms with E-state index in [9.17, 15) is 0 Å². The third-order valence-corrected chi connectivity index (χ3v) is 2.85. The van der Waals surface area contributed by atoms with Gasteiger partial charge >= 0.3 is 0 Å². The van der Waals surface area contributed by atoms with Crippen molar-refractivity contribution in [3.8, 4) is 17.6 Å². The molecule has 3 nitrogen and oxygen atoms in total. The van der Waals surface area contributed by atoms with Gasteiger partial charge in [0.2, 0.25) is 0 Å². The van der Waals surface area contributed by atoms with Crippen molar-refractivity contribution < 1.29 is 4.74 Å². The van der Waals surface area contributed by atoms with E-state index in [1.54, 1.807) is 18.2 Å². The van der Waals surface area contributed by atoms with Crippen LogP contribution in [-0.2, 0) is 0 Å². The van der Waals surface area contributed by atoms with Gasteiger partial charge in [0, 0.05) is 6.07 Å². The van der Waals surface area contributed by atoms with Crippen molar-refractivity contribution >= 4 is 21.6 Å². The van der Waals surface area contributed by atoms with E-state index < -0.39 is 0 Å². The van der Waals surface area contributed by atoms with Gasteiger partial charge in [-0.15, -0.1) is 0 Å². The average molecular weight is 289 g/mol. The number of ether oxygens (including phenoxy) is 1. The first kappa shape index (κ1) is 11.5. The molecule has 2 aromatic rings. The van der Waals surface area contributed by atoms with Crippen molar-refractivity contribution in [1.29, 1.82) is 5.26 Å². The average Bonchev–Trinajstić information content (AvgIpc) is 2.35. The van der Waals surface area contributed by atoms with Crippen molar-refractivity contribution in [3.63, 3.8) is 0 Å². The molecule has 0 amide bonds.